The fourth-order valence-electron chi connectivity index (χ4n) is 4.83. The second kappa shape index (κ2) is 12.0. The number of benzene rings is 2. The summed E-state index contributed by atoms with van der Waals surface area (Å²) in [5.41, 5.74) is 2.35. The number of likely N-dealkylation sites (tertiary alicyclic amines) is 1. The summed E-state index contributed by atoms with van der Waals surface area (Å²) in [5.74, 6) is -1.82. The van der Waals surface area contributed by atoms with E-state index in [9.17, 15) is 14.7 Å². The summed E-state index contributed by atoms with van der Waals surface area (Å²) >= 11 is 12.8. The van der Waals surface area contributed by atoms with Crippen LogP contribution in [0.4, 0.5) is 5.69 Å². The number of hydrogen-bond donors (Lipinski definition) is 1. The number of pyridine rings is 1. The molecule has 0 spiro atoms. The van der Waals surface area contributed by atoms with Crippen molar-refractivity contribution in [3.63, 3.8) is 0 Å². The van der Waals surface area contributed by atoms with Gasteiger partial charge < -0.3 is 24.4 Å². The fraction of sp³-hybridized carbons (Fsp3) is 0.276. The third-order valence-corrected chi connectivity index (χ3v) is 7.37. The summed E-state index contributed by atoms with van der Waals surface area (Å²) in [5, 5.41) is 11.7. The minimum atomic E-state index is -0.889. The van der Waals surface area contributed by atoms with Gasteiger partial charge >= 0.3 is 0 Å². The molecule has 1 atom stereocenters. The lowest BCUT2D eigenvalue weighted by Gasteiger charge is -2.27. The Labute approximate surface area is 237 Å². The topological polar surface area (TPSA) is 92.2 Å². The molecule has 8 nitrogen and oxygen atoms in total. The van der Waals surface area contributed by atoms with E-state index in [-0.39, 0.29) is 39.2 Å². The van der Waals surface area contributed by atoms with E-state index in [1.165, 1.54) is 25.2 Å². The van der Waals surface area contributed by atoms with E-state index in [2.05, 4.69) is 23.7 Å². The van der Waals surface area contributed by atoms with E-state index in [0.29, 0.717) is 5.56 Å². The predicted octanol–water partition coefficient (Wildman–Crippen LogP) is 5.87. The van der Waals surface area contributed by atoms with Gasteiger partial charge in [-0.3, -0.25) is 14.6 Å². The number of carbonyl (C=O) groups is 2. The average Bonchev–Trinajstić information content (AvgIpc) is 3.19. The van der Waals surface area contributed by atoms with Gasteiger partial charge in [-0.25, -0.2) is 0 Å². The Morgan fingerprint density at radius 1 is 1.05 bits per heavy atom. The molecule has 0 radical (unpaired) electrons. The van der Waals surface area contributed by atoms with Crippen molar-refractivity contribution in [2.45, 2.75) is 26.4 Å². The number of hydrogen-bond acceptors (Lipinski definition) is 7. The molecular formula is C29H29Cl2N3O5. The lowest BCUT2D eigenvalue weighted by Crippen LogP contribution is -2.29. The van der Waals surface area contributed by atoms with Gasteiger partial charge in [0.1, 0.15) is 10.8 Å². The lowest BCUT2D eigenvalue weighted by molar-refractivity contribution is -0.140. The summed E-state index contributed by atoms with van der Waals surface area (Å²) in [6.07, 6.45) is 3.26. The molecule has 1 fully saturated rings. The Balaban J connectivity index is 1.92. The van der Waals surface area contributed by atoms with Gasteiger partial charge in [0.05, 0.1) is 36.4 Å². The Bertz CT molecular complexity index is 1410. The zero-order valence-corrected chi connectivity index (χ0v) is 23.6. The highest BCUT2D eigenvalue weighted by molar-refractivity contribution is 6.47. The van der Waals surface area contributed by atoms with Gasteiger partial charge in [-0.1, -0.05) is 41.4 Å². The second-order valence-corrected chi connectivity index (χ2v) is 9.62. The molecule has 1 saturated heterocycles. The van der Waals surface area contributed by atoms with Gasteiger partial charge in [0.25, 0.3) is 11.7 Å². The van der Waals surface area contributed by atoms with Crippen LogP contribution in [0.15, 0.2) is 60.4 Å². The number of halogens is 2. The number of ether oxygens (including phenoxy) is 2. The number of methoxy groups -OCH3 is 2. The molecule has 204 valence electrons. The normalized spacial score (nSPS) is 16.5. The summed E-state index contributed by atoms with van der Waals surface area (Å²) in [6, 6.07) is 11.7. The Morgan fingerprint density at radius 2 is 1.72 bits per heavy atom. The molecule has 1 amide bonds. The van der Waals surface area contributed by atoms with Crippen molar-refractivity contribution in [3.05, 3.63) is 87.2 Å². The zero-order valence-electron chi connectivity index (χ0n) is 22.1. The maximum absolute atomic E-state index is 13.5. The Morgan fingerprint density at radius 3 is 2.28 bits per heavy atom. The number of anilines is 1. The highest BCUT2D eigenvalue weighted by Gasteiger charge is 2.46. The summed E-state index contributed by atoms with van der Waals surface area (Å²) in [4.78, 5) is 34.6. The SMILES string of the molecule is CCN(CC)c1ccc(C2/C(=C(\O)c3cc(Cl)c(OC)c(Cl)c3OC)C(=O)C(=O)N2Cc2cccnc2)cc1. The van der Waals surface area contributed by atoms with Crippen LogP contribution in [-0.4, -0.2) is 54.0 Å². The summed E-state index contributed by atoms with van der Waals surface area (Å²) < 4.78 is 10.7. The largest absolute Gasteiger partial charge is 0.507 e. The first-order valence-electron chi connectivity index (χ1n) is 12.4. The number of ketones is 1. The van der Waals surface area contributed by atoms with Crippen LogP contribution in [0.3, 0.4) is 0 Å². The van der Waals surface area contributed by atoms with E-state index in [4.69, 9.17) is 32.7 Å². The standard InChI is InChI=1S/C29H29Cl2N3O5/c1-5-33(6-2)19-11-9-18(10-12-19)24-22(26(36)29(37)34(24)16-17-8-7-13-32-15-17)25(35)20-14-21(30)28(39-4)23(31)27(20)38-3/h7-15,24,35H,5-6,16H2,1-4H3/b25-22+. The molecule has 3 aromatic rings. The van der Waals surface area contributed by atoms with Crippen molar-refractivity contribution in [2.24, 2.45) is 0 Å². The molecule has 4 rings (SSSR count). The fourth-order valence-corrected chi connectivity index (χ4v) is 5.51. The van der Waals surface area contributed by atoms with Crippen LogP contribution in [0.25, 0.3) is 5.76 Å². The minimum absolute atomic E-state index is 0.0266. The van der Waals surface area contributed by atoms with Crippen LogP contribution in [0.5, 0.6) is 11.5 Å². The van der Waals surface area contributed by atoms with Crippen molar-refractivity contribution in [1.82, 2.24) is 9.88 Å². The number of nitrogens with zero attached hydrogens (tertiary/aromatic N) is 3. The van der Waals surface area contributed by atoms with Crippen LogP contribution < -0.4 is 14.4 Å². The number of aliphatic hydroxyl groups excluding tert-OH is 1. The van der Waals surface area contributed by atoms with Gasteiger partial charge in [-0.15, -0.1) is 0 Å². The van der Waals surface area contributed by atoms with Crippen molar-refractivity contribution in [3.8, 4) is 11.5 Å². The molecule has 10 heteroatoms. The smallest absolute Gasteiger partial charge is 0.295 e. The van der Waals surface area contributed by atoms with Gasteiger partial charge in [0.2, 0.25) is 0 Å². The van der Waals surface area contributed by atoms with E-state index >= 15 is 0 Å². The van der Waals surface area contributed by atoms with Crippen molar-refractivity contribution < 1.29 is 24.2 Å². The third-order valence-electron chi connectivity index (χ3n) is 6.75. The van der Waals surface area contributed by atoms with Crippen LogP contribution in [0, 0.1) is 0 Å². The number of amides is 1. The summed E-state index contributed by atoms with van der Waals surface area (Å²) in [6.45, 7) is 5.90. The molecule has 1 aromatic heterocycles. The summed E-state index contributed by atoms with van der Waals surface area (Å²) in [7, 11) is 2.77. The molecular weight excluding hydrogens is 541 g/mol. The maximum atomic E-state index is 13.5. The van der Waals surface area contributed by atoms with E-state index in [1.54, 1.807) is 18.5 Å². The van der Waals surface area contributed by atoms with E-state index in [1.807, 2.05) is 30.3 Å². The number of rotatable bonds is 9. The number of aliphatic hydroxyl groups is 1. The molecule has 1 unspecified atom stereocenters. The molecule has 2 heterocycles. The first kappa shape index (κ1) is 28.3. The molecule has 1 N–H and O–H groups in total. The maximum Gasteiger partial charge on any atom is 0.295 e. The number of carbonyl (C=O) groups excluding carboxylic acids is 2. The Kier molecular flexibility index (Phi) is 8.67. The Hall–Kier alpha value is -3.75. The zero-order chi connectivity index (χ0) is 28.3. The van der Waals surface area contributed by atoms with Crippen molar-refractivity contribution in [1.29, 1.82) is 0 Å². The van der Waals surface area contributed by atoms with Crippen LogP contribution in [-0.2, 0) is 16.1 Å². The molecule has 2 aromatic carbocycles. The second-order valence-electron chi connectivity index (χ2n) is 8.84. The van der Waals surface area contributed by atoms with Crippen LogP contribution in [0.2, 0.25) is 10.0 Å². The molecule has 1 aliphatic rings. The molecule has 0 saturated carbocycles. The molecule has 1 aliphatic heterocycles. The molecule has 0 aliphatic carbocycles. The van der Waals surface area contributed by atoms with Crippen molar-refractivity contribution in [2.75, 3.05) is 32.2 Å². The van der Waals surface area contributed by atoms with Crippen molar-refractivity contribution >= 4 is 46.3 Å². The highest BCUT2D eigenvalue weighted by atomic mass is 35.5. The lowest BCUT2D eigenvalue weighted by atomic mass is 9.94. The van der Waals surface area contributed by atoms with Crippen LogP contribution in [0.1, 0.15) is 36.6 Å². The average molecular weight is 570 g/mol. The monoisotopic (exact) mass is 569 g/mol. The molecule has 0 bridgehead atoms. The van der Waals surface area contributed by atoms with Crippen LogP contribution >= 0.6 is 23.2 Å². The van der Waals surface area contributed by atoms with Gasteiger partial charge in [0, 0.05) is 37.7 Å². The first-order chi connectivity index (χ1) is 18.8. The van der Waals surface area contributed by atoms with Gasteiger partial charge in [-0.2, -0.15) is 0 Å². The number of aromatic nitrogens is 1. The number of Topliss-reactive ketones (excluding diaryl/α,β-unsaturated/α-hetero) is 1. The van der Waals surface area contributed by atoms with E-state index < -0.39 is 23.5 Å². The van der Waals surface area contributed by atoms with Gasteiger partial charge in [-0.05, 0) is 49.2 Å². The van der Waals surface area contributed by atoms with E-state index in [0.717, 1.165) is 24.3 Å². The minimum Gasteiger partial charge on any atom is -0.507 e. The molecule has 39 heavy (non-hydrogen) atoms. The van der Waals surface area contributed by atoms with Gasteiger partial charge in [0.15, 0.2) is 11.5 Å². The highest BCUT2D eigenvalue weighted by Crippen LogP contribution is 2.47. The quantitative estimate of drug-likeness (QED) is 0.195. The first-order valence-corrected chi connectivity index (χ1v) is 13.1. The third kappa shape index (κ3) is 5.27. The predicted molar refractivity (Wildman–Crippen MR) is 152 cm³/mol.